The first-order valence-electron chi connectivity index (χ1n) is 6.57. The summed E-state index contributed by atoms with van der Waals surface area (Å²) in [6, 6.07) is 9.42. The molecule has 1 rings (SSSR count). The number of nitrogens with two attached hydrogens (primary N) is 1. The highest BCUT2D eigenvalue weighted by molar-refractivity contribution is 5.25. The predicted octanol–water partition coefficient (Wildman–Crippen LogP) is 2.98. The standard InChI is InChI=1S/C15H26N2/c1-5-12(2)15-8-6-14(7-9-15)11-17(4)13(3)10-16/h6-9,12-13H,5,10-11,16H2,1-4H3. The van der Waals surface area contributed by atoms with Crippen LogP contribution in [0.2, 0.25) is 0 Å². The quantitative estimate of drug-likeness (QED) is 0.820. The van der Waals surface area contributed by atoms with E-state index in [1.54, 1.807) is 0 Å². The van der Waals surface area contributed by atoms with E-state index in [1.807, 2.05) is 0 Å². The van der Waals surface area contributed by atoms with Gasteiger partial charge in [0, 0.05) is 19.1 Å². The Hall–Kier alpha value is -0.860. The Morgan fingerprint density at radius 2 is 1.76 bits per heavy atom. The molecule has 0 aliphatic rings. The van der Waals surface area contributed by atoms with Crippen LogP contribution in [-0.4, -0.2) is 24.5 Å². The van der Waals surface area contributed by atoms with Crippen molar-refractivity contribution in [2.75, 3.05) is 13.6 Å². The van der Waals surface area contributed by atoms with Crippen molar-refractivity contribution >= 4 is 0 Å². The van der Waals surface area contributed by atoms with Gasteiger partial charge in [0.15, 0.2) is 0 Å². The first-order valence-corrected chi connectivity index (χ1v) is 6.57. The molecule has 0 aromatic heterocycles. The highest BCUT2D eigenvalue weighted by Crippen LogP contribution is 2.19. The van der Waals surface area contributed by atoms with Crippen molar-refractivity contribution in [2.45, 2.75) is 45.7 Å². The van der Waals surface area contributed by atoms with Crippen LogP contribution < -0.4 is 5.73 Å². The Morgan fingerprint density at radius 3 is 2.24 bits per heavy atom. The van der Waals surface area contributed by atoms with Gasteiger partial charge in [0.25, 0.3) is 0 Å². The third-order valence-electron chi connectivity index (χ3n) is 3.69. The van der Waals surface area contributed by atoms with Crippen LogP contribution in [0.4, 0.5) is 0 Å². The van der Waals surface area contributed by atoms with Gasteiger partial charge in [0.2, 0.25) is 0 Å². The first kappa shape index (κ1) is 14.2. The van der Waals surface area contributed by atoms with E-state index in [0.29, 0.717) is 18.5 Å². The van der Waals surface area contributed by atoms with E-state index in [0.717, 1.165) is 6.54 Å². The fourth-order valence-electron chi connectivity index (χ4n) is 1.81. The van der Waals surface area contributed by atoms with Crippen molar-refractivity contribution in [2.24, 2.45) is 5.73 Å². The Bertz CT molecular complexity index is 318. The van der Waals surface area contributed by atoms with Crippen LogP contribution in [0.1, 0.15) is 44.2 Å². The zero-order valence-corrected chi connectivity index (χ0v) is 11.6. The summed E-state index contributed by atoms with van der Waals surface area (Å²) in [5, 5.41) is 0. The molecular formula is C15H26N2. The molecule has 96 valence electrons. The molecule has 1 aromatic rings. The lowest BCUT2D eigenvalue weighted by Crippen LogP contribution is -2.34. The average molecular weight is 234 g/mol. The topological polar surface area (TPSA) is 29.3 Å². The third-order valence-corrected chi connectivity index (χ3v) is 3.69. The Morgan fingerprint density at radius 1 is 1.18 bits per heavy atom. The maximum atomic E-state index is 5.67. The lowest BCUT2D eigenvalue weighted by molar-refractivity contribution is 0.255. The maximum absolute atomic E-state index is 5.67. The van der Waals surface area contributed by atoms with Gasteiger partial charge in [-0.1, -0.05) is 38.1 Å². The van der Waals surface area contributed by atoms with E-state index in [-0.39, 0.29) is 0 Å². The second kappa shape index (κ2) is 6.77. The van der Waals surface area contributed by atoms with E-state index in [4.69, 9.17) is 5.73 Å². The third kappa shape index (κ3) is 4.14. The summed E-state index contributed by atoms with van der Waals surface area (Å²) < 4.78 is 0. The molecule has 0 spiro atoms. The summed E-state index contributed by atoms with van der Waals surface area (Å²) in [4.78, 5) is 2.29. The van der Waals surface area contributed by atoms with E-state index >= 15 is 0 Å². The monoisotopic (exact) mass is 234 g/mol. The van der Waals surface area contributed by atoms with Crippen LogP contribution in [0.3, 0.4) is 0 Å². The van der Waals surface area contributed by atoms with Crippen LogP contribution in [-0.2, 0) is 6.54 Å². The molecule has 1 aromatic carbocycles. The fourth-order valence-corrected chi connectivity index (χ4v) is 1.81. The minimum Gasteiger partial charge on any atom is -0.329 e. The summed E-state index contributed by atoms with van der Waals surface area (Å²) >= 11 is 0. The lowest BCUT2D eigenvalue weighted by Gasteiger charge is -2.23. The molecule has 0 radical (unpaired) electrons. The molecule has 0 saturated heterocycles. The average Bonchev–Trinajstić information content (AvgIpc) is 2.37. The van der Waals surface area contributed by atoms with Crippen LogP contribution >= 0.6 is 0 Å². The van der Waals surface area contributed by atoms with Gasteiger partial charge in [-0.25, -0.2) is 0 Å². The molecule has 0 bridgehead atoms. The van der Waals surface area contributed by atoms with Crippen LogP contribution in [0, 0.1) is 0 Å². The number of nitrogens with zero attached hydrogens (tertiary/aromatic N) is 1. The van der Waals surface area contributed by atoms with Gasteiger partial charge < -0.3 is 5.73 Å². The van der Waals surface area contributed by atoms with Gasteiger partial charge in [0.1, 0.15) is 0 Å². The summed E-state index contributed by atoms with van der Waals surface area (Å²) in [5.41, 5.74) is 8.46. The van der Waals surface area contributed by atoms with Crippen molar-refractivity contribution in [3.05, 3.63) is 35.4 Å². The minimum atomic E-state index is 0.434. The second-order valence-electron chi connectivity index (χ2n) is 5.05. The Labute approximate surface area is 106 Å². The molecule has 2 N–H and O–H groups in total. The molecule has 0 aliphatic carbocycles. The molecule has 0 saturated carbocycles. The molecule has 2 atom stereocenters. The fraction of sp³-hybridized carbons (Fsp3) is 0.600. The summed E-state index contributed by atoms with van der Waals surface area (Å²) in [6.07, 6.45) is 1.20. The van der Waals surface area contributed by atoms with Crippen molar-refractivity contribution in [3.8, 4) is 0 Å². The molecule has 0 amide bonds. The van der Waals surface area contributed by atoms with Crippen molar-refractivity contribution in [1.82, 2.24) is 4.90 Å². The number of hydrogen-bond donors (Lipinski definition) is 1. The van der Waals surface area contributed by atoms with E-state index in [9.17, 15) is 0 Å². The molecule has 2 nitrogen and oxygen atoms in total. The van der Waals surface area contributed by atoms with Crippen LogP contribution in [0.25, 0.3) is 0 Å². The lowest BCUT2D eigenvalue weighted by atomic mass is 9.97. The van der Waals surface area contributed by atoms with Gasteiger partial charge in [-0.3, -0.25) is 4.90 Å². The SMILES string of the molecule is CCC(C)c1ccc(CN(C)C(C)CN)cc1. The van der Waals surface area contributed by atoms with Gasteiger partial charge in [-0.05, 0) is 37.4 Å². The minimum absolute atomic E-state index is 0.434. The molecule has 0 fully saturated rings. The summed E-state index contributed by atoms with van der Waals surface area (Å²) in [7, 11) is 2.13. The van der Waals surface area contributed by atoms with Crippen LogP contribution in [0.15, 0.2) is 24.3 Å². The smallest absolute Gasteiger partial charge is 0.0234 e. The molecule has 17 heavy (non-hydrogen) atoms. The largest absolute Gasteiger partial charge is 0.329 e. The zero-order chi connectivity index (χ0) is 12.8. The summed E-state index contributed by atoms with van der Waals surface area (Å²) in [6.45, 7) is 8.35. The maximum Gasteiger partial charge on any atom is 0.0234 e. The molecule has 0 heterocycles. The highest BCUT2D eigenvalue weighted by Gasteiger charge is 2.08. The predicted molar refractivity (Wildman–Crippen MR) is 75.1 cm³/mol. The van der Waals surface area contributed by atoms with Crippen molar-refractivity contribution < 1.29 is 0 Å². The highest BCUT2D eigenvalue weighted by atomic mass is 15.1. The van der Waals surface area contributed by atoms with Gasteiger partial charge in [-0.15, -0.1) is 0 Å². The number of hydrogen-bond acceptors (Lipinski definition) is 2. The molecule has 2 heteroatoms. The normalized spacial score (nSPS) is 14.9. The number of benzene rings is 1. The molecule has 2 unspecified atom stereocenters. The number of rotatable bonds is 6. The van der Waals surface area contributed by atoms with E-state index in [1.165, 1.54) is 17.5 Å². The van der Waals surface area contributed by atoms with Crippen molar-refractivity contribution in [3.63, 3.8) is 0 Å². The molecular weight excluding hydrogens is 208 g/mol. The van der Waals surface area contributed by atoms with Gasteiger partial charge in [-0.2, -0.15) is 0 Å². The summed E-state index contributed by atoms with van der Waals surface area (Å²) in [5.74, 6) is 0.657. The van der Waals surface area contributed by atoms with E-state index < -0.39 is 0 Å². The van der Waals surface area contributed by atoms with E-state index in [2.05, 4.69) is 57.0 Å². The molecule has 0 aliphatic heterocycles. The Kier molecular flexibility index (Phi) is 5.66. The first-order chi connectivity index (χ1) is 8.08. The van der Waals surface area contributed by atoms with Crippen LogP contribution in [0.5, 0.6) is 0 Å². The second-order valence-corrected chi connectivity index (χ2v) is 5.05. The zero-order valence-electron chi connectivity index (χ0n) is 11.6. The van der Waals surface area contributed by atoms with Crippen molar-refractivity contribution in [1.29, 1.82) is 0 Å². The van der Waals surface area contributed by atoms with Gasteiger partial charge in [0.05, 0.1) is 0 Å². The van der Waals surface area contributed by atoms with Gasteiger partial charge >= 0.3 is 0 Å². The Balaban J connectivity index is 2.62. The number of likely N-dealkylation sites (N-methyl/N-ethyl adjacent to an activating group) is 1.